The Labute approximate surface area is 92.5 Å². The largest absolute Gasteiger partial charge is 0.394 e. The molecule has 1 aromatic heterocycles. The number of H-pyrrole nitrogens is 1. The third kappa shape index (κ3) is 1.90. The van der Waals surface area contributed by atoms with E-state index in [1.165, 1.54) is 0 Å². The number of aliphatic hydroxyl groups excluding tert-OH is 1. The highest BCUT2D eigenvalue weighted by atomic mass is 16.3. The summed E-state index contributed by atoms with van der Waals surface area (Å²) in [5, 5.41) is 19.0. The second kappa shape index (κ2) is 4.32. The number of aromatic nitrogens is 2. The zero-order valence-electron chi connectivity index (χ0n) is 8.90. The topological polar surface area (TPSA) is 78.0 Å². The van der Waals surface area contributed by atoms with Crippen LogP contribution in [-0.2, 0) is 0 Å². The van der Waals surface area contributed by atoms with Gasteiger partial charge in [-0.05, 0) is 13.0 Å². The number of amides is 1. The predicted octanol–water partition coefficient (Wildman–Crippen LogP) is 0.673. The molecule has 0 aliphatic carbocycles. The van der Waals surface area contributed by atoms with Crippen molar-refractivity contribution in [2.45, 2.75) is 13.0 Å². The highest BCUT2D eigenvalue weighted by molar-refractivity contribution is 6.04. The minimum Gasteiger partial charge on any atom is -0.394 e. The van der Waals surface area contributed by atoms with Gasteiger partial charge in [0, 0.05) is 11.4 Å². The number of nitrogens with zero attached hydrogens (tertiary/aromatic N) is 1. The lowest BCUT2D eigenvalue weighted by molar-refractivity contribution is 0.0919. The summed E-state index contributed by atoms with van der Waals surface area (Å²) in [6.45, 7) is 1.64. The van der Waals surface area contributed by atoms with Gasteiger partial charge in [-0.3, -0.25) is 9.89 Å². The van der Waals surface area contributed by atoms with E-state index in [1.54, 1.807) is 6.92 Å². The van der Waals surface area contributed by atoms with Crippen molar-refractivity contribution in [2.24, 2.45) is 0 Å². The molecule has 16 heavy (non-hydrogen) atoms. The SMILES string of the molecule is C[C@@H](CO)NC(=O)c1n[nH]c2ccccc12. The number of fused-ring (bicyclic) bond motifs is 1. The van der Waals surface area contributed by atoms with Crippen LogP contribution in [0.1, 0.15) is 17.4 Å². The van der Waals surface area contributed by atoms with E-state index in [9.17, 15) is 4.79 Å². The maximum absolute atomic E-state index is 11.8. The summed E-state index contributed by atoms with van der Waals surface area (Å²) in [7, 11) is 0. The molecule has 1 amide bonds. The van der Waals surface area contributed by atoms with Crippen molar-refractivity contribution < 1.29 is 9.90 Å². The molecule has 0 aliphatic rings. The number of hydrogen-bond donors (Lipinski definition) is 3. The fourth-order valence-corrected chi connectivity index (χ4v) is 1.47. The Morgan fingerprint density at radius 1 is 1.56 bits per heavy atom. The molecule has 84 valence electrons. The molecule has 0 fully saturated rings. The number of nitrogens with one attached hydrogen (secondary N) is 2. The Bertz CT molecular complexity index is 507. The lowest BCUT2D eigenvalue weighted by atomic mass is 10.2. The number of para-hydroxylation sites is 1. The minimum atomic E-state index is -0.279. The molecule has 2 rings (SSSR count). The van der Waals surface area contributed by atoms with Gasteiger partial charge in [-0.2, -0.15) is 5.10 Å². The van der Waals surface area contributed by atoms with Gasteiger partial charge in [-0.25, -0.2) is 0 Å². The molecule has 0 spiro atoms. The van der Waals surface area contributed by atoms with Gasteiger partial charge in [0.2, 0.25) is 0 Å². The van der Waals surface area contributed by atoms with Gasteiger partial charge in [0.15, 0.2) is 5.69 Å². The van der Waals surface area contributed by atoms with Crippen LogP contribution >= 0.6 is 0 Å². The fraction of sp³-hybridized carbons (Fsp3) is 0.273. The van der Waals surface area contributed by atoms with Crippen LogP contribution in [0.3, 0.4) is 0 Å². The Morgan fingerprint density at radius 2 is 2.31 bits per heavy atom. The summed E-state index contributed by atoms with van der Waals surface area (Å²) >= 11 is 0. The van der Waals surface area contributed by atoms with Crippen molar-refractivity contribution in [1.29, 1.82) is 0 Å². The maximum Gasteiger partial charge on any atom is 0.272 e. The summed E-state index contributed by atoms with van der Waals surface area (Å²) in [5.74, 6) is -0.279. The molecule has 1 heterocycles. The third-order valence-corrected chi connectivity index (χ3v) is 2.34. The number of rotatable bonds is 3. The minimum absolute atomic E-state index is 0.0892. The summed E-state index contributed by atoms with van der Waals surface area (Å²) in [5.41, 5.74) is 1.18. The van der Waals surface area contributed by atoms with E-state index in [4.69, 9.17) is 5.11 Å². The summed E-state index contributed by atoms with van der Waals surface area (Å²) in [6, 6.07) is 7.14. The molecule has 1 aromatic carbocycles. The van der Waals surface area contributed by atoms with Crippen LogP contribution in [0.5, 0.6) is 0 Å². The molecule has 0 aliphatic heterocycles. The van der Waals surface area contributed by atoms with E-state index >= 15 is 0 Å². The number of aromatic amines is 1. The van der Waals surface area contributed by atoms with E-state index in [2.05, 4.69) is 15.5 Å². The second-order valence-electron chi connectivity index (χ2n) is 3.67. The van der Waals surface area contributed by atoms with E-state index < -0.39 is 0 Å². The zero-order chi connectivity index (χ0) is 11.5. The lowest BCUT2D eigenvalue weighted by Crippen LogP contribution is -2.35. The Kier molecular flexibility index (Phi) is 2.87. The molecule has 5 nitrogen and oxygen atoms in total. The van der Waals surface area contributed by atoms with Gasteiger partial charge in [0.05, 0.1) is 12.1 Å². The van der Waals surface area contributed by atoms with Crippen LogP contribution < -0.4 is 5.32 Å². The number of benzene rings is 1. The molecule has 5 heteroatoms. The van der Waals surface area contributed by atoms with E-state index in [0.717, 1.165) is 10.9 Å². The first-order valence-electron chi connectivity index (χ1n) is 5.07. The first kappa shape index (κ1) is 10.6. The number of carbonyl (C=O) groups excluding carboxylic acids is 1. The summed E-state index contributed by atoms with van der Waals surface area (Å²) < 4.78 is 0. The number of hydrogen-bond acceptors (Lipinski definition) is 3. The molecule has 0 saturated carbocycles. The highest BCUT2D eigenvalue weighted by Gasteiger charge is 2.15. The zero-order valence-corrected chi connectivity index (χ0v) is 8.90. The third-order valence-electron chi connectivity index (χ3n) is 2.34. The van der Waals surface area contributed by atoms with Crippen molar-refractivity contribution in [3.63, 3.8) is 0 Å². The van der Waals surface area contributed by atoms with Crippen molar-refractivity contribution in [3.05, 3.63) is 30.0 Å². The molecular formula is C11H13N3O2. The van der Waals surface area contributed by atoms with Crippen molar-refractivity contribution in [1.82, 2.24) is 15.5 Å². The normalized spacial score (nSPS) is 12.6. The van der Waals surface area contributed by atoms with Crippen molar-refractivity contribution >= 4 is 16.8 Å². The van der Waals surface area contributed by atoms with Crippen LogP contribution in [0.15, 0.2) is 24.3 Å². The van der Waals surface area contributed by atoms with Crippen LogP contribution in [0.25, 0.3) is 10.9 Å². The molecule has 0 saturated heterocycles. The van der Waals surface area contributed by atoms with E-state index in [1.807, 2.05) is 24.3 Å². The molecule has 3 N–H and O–H groups in total. The Hall–Kier alpha value is -1.88. The van der Waals surface area contributed by atoms with Crippen LogP contribution in [0, 0.1) is 0 Å². The Balaban J connectivity index is 2.30. The molecule has 0 unspecified atom stereocenters. The fourth-order valence-electron chi connectivity index (χ4n) is 1.47. The molecule has 0 bridgehead atoms. The van der Waals surface area contributed by atoms with Gasteiger partial charge in [-0.15, -0.1) is 0 Å². The van der Waals surface area contributed by atoms with Gasteiger partial charge < -0.3 is 10.4 Å². The Morgan fingerprint density at radius 3 is 3.06 bits per heavy atom. The first-order valence-corrected chi connectivity index (χ1v) is 5.07. The highest BCUT2D eigenvalue weighted by Crippen LogP contribution is 2.14. The lowest BCUT2D eigenvalue weighted by Gasteiger charge is -2.08. The summed E-state index contributed by atoms with van der Waals surface area (Å²) in [4.78, 5) is 11.8. The van der Waals surface area contributed by atoms with Gasteiger partial charge in [0.1, 0.15) is 0 Å². The monoisotopic (exact) mass is 219 g/mol. The average molecular weight is 219 g/mol. The number of carbonyl (C=O) groups is 1. The average Bonchev–Trinajstić information content (AvgIpc) is 2.72. The van der Waals surface area contributed by atoms with Crippen LogP contribution in [0.2, 0.25) is 0 Å². The maximum atomic E-state index is 11.8. The quantitative estimate of drug-likeness (QED) is 0.710. The standard InChI is InChI=1S/C11H13N3O2/c1-7(6-15)12-11(16)10-8-4-2-3-5-9(8)13-14-10/h2-5,7,15H,6H2,1H3,(H,12,16)(H,13,14)/t7-/m0/s1. The first-order chi connectivity index (χ1) is 7.72. The van der Waals surface area contributed by atoms with E-state index in [-0.39, 0.29) is 18.6 Å². The molecule has 1 atom stereocenters. The van der Waals surface area contributed by atoms with Crippen molar-refractivity contribution in [3.8, 4) is 0 Å². The van der Waals surface area contributed by atoms with Gasteiger partial charge in [0.25, 0.3) is 5.91 Å². The van der Waals surface area contributed by atoms with Crippen molar-refractivity contribution in [2.75, 3.05) is 6.61 Å². The van der Waals surface area contributed by atoms with E-state index in [0.29, 0.717) is 5.69 Å². The van der Waals surface area contributed by atoms with Crippen LogP contribution in [0.4, 0.5) is 0 Å². The van der Waals surface area contributed by atoms with Crippen LogP contribution in [-0.4, -0.2) is 33.9 Å². The van der Waals surface area contributed by atoms with Gasteiger partial charge >= 0.3 is 0 Å². The smallest absolute Gasteiger partial charge is 0.272 e. The second-order valence-corrected chi connectivity index (χ2v) is 3.67. The molecule has 0 radical (unpaired) electrons. The molecule has 2 aromatic rings. The number of aliphatic hydroxyl groups is 1. The molecular weight excluding hydrogens is 206 g/mol. The summed E-state index contributed by atoms with van der Waals surface area (Å²) in [6.07, 6.45) is 0. The van der Waals surface area contributed by atoms with Gasteiger partial charge in [-0.1, -0.05) is 18.2 Å². The predicted molar refractivity (Wildman–Crippen MR) is 60.1 cm³/mol.